The Kier molecular flexibility index (Phi) is 5.63. The van der Waals surface area contributed by atoms with Crippen molar-refractivity contribution in [1.29, 1.82) is 0 Å². The van der Waals surface area contributed by atoms with Crippen molar-refractivity contribution in [1.82, 2.24) is 5.32 Å². The van der Waals surface area contributed by atoms with Gasteiger partial charge < -0.3 is 15.2 Å². The number of rotatable bonds is 6. The van der Waals surface area contributed by atoms with Crippen molar-refractivity contribution in [3.63, 3.8) is 0 Å². The number of alkyl halides is 3. The van der Waals surface area contributed by atoms with Gasteiger partial charge in [-0.2, -0.15) is 0 Å². The van der Waals surface area contributed by atoms with Crippen LogP contribution >= 0.6 is 0 Å². The maximum atomic E-state index is 12.1. The lowest BCUT2D eigenvalue weighted by Gasteiger charge is -2.15. The molecule has 0 bridgehead atoms. The number of carbonyl (C=O) groups excluding carboxylic acids is 1. The summed E-state index contributed by atoms with van der Waals surface area (Å²) < 4.78 is 40.1. The van der Waals surface area contributed by atoms with Crippen LogP contribution < -0.4 is 10.1 Å². The molecule has 0 saturated carbocycles. The number of halogens is 3. The molecule has 0 aliphatic heterocycles. The van der Waals surface area contributed by atoms with E-state index in [2.05, 4.69) is 10.1 Å². The average molecular weight is 353 g/mol. The zero-order valence-corrected chi connectivity index (χ0v) is 12.8. The zero-order chi connectivity index (χ0) is 18.4. The minimum Gasteiger partial charge on any atom is -0.481 e. The third-order valence-corrected chi connectivity index (χ3v) is 3.32. The third-order valence-electron chi connectivity index (χ3n) is 3.32. The summed E-state index contributed by atoms with van der Waals surface area (Å²) in [4.78, 5) is 23.4. The number of hydrogen-bond acceptors (Lipinski definition) is 3. The number of hydrogen-bond donors (Lipinski definition) is 2. The molecule has 8 heteroatoms. The number of nitrogens with one attached hydrogen (secondary N) is 1. The van der Waals surface area contributed by atoms with E-state index in [9.17, 15) is 27.9 Å². The van der Waals surface area contributed by atoms with E-state index in [1.807, 2.05) is 0 Å². The molecule has 0 aromatic heterocycles. The molecule has 1 unspecified atom stereocenters. The molecule has 2 aromatic rings. The highest BCUT2D eigenvalue weighted by Crippen LogP contribution is 2.25. The molecule has 5 nitrogen and oxygen atoms in total. The summed E-state index contributed by atoms with van der Waals surface area (Å²) in [5.41, 5.74) is 0.621. The number of benzene rings is 2. The summed E-state index contributed by atoms with van der Waals surface area (Å²) in [6.45, 7) is -0.206. The molecular weight excluding hydrogens is 339 g/mol. The summed E-state index contributed by atoms with van der Waals surface area (Å²) in [7, 11) is 0. The van der Waals surface area contributed by atoms with Crippen molar-refractivity contribution in [2.45, 2.75) is 12.3 Å². The fourth-order valence-corrected chi connectivity index (χ4v) is 2.14. The number of carbonyl (C=O) groups is 2. The number of aliphatic carboxylic acids is 1. The summed E-state index contributed by atoms with van der Waals surface area (Å²) >= 11 is 0. The zero-order valence-electron chi connectivity index (χ0n) is 12.8. The first-order valence-electron chi connectivity index (χ1n) is 7.18. The van der Waals surface area contributed by atoms with E-state index in [1.54, 1.807) is 30.3 Å². The smallest absolute Gasteiger partial charge is 0.481 e. The Bertz CT molecular complexity index is 730. The van der Waals surface area contributed by atoms with Gasteiger partial charge in [0.25, 0.3) is 5.91 Å². The predicted octanol–water partition coefficient (Wildman–Crippen LogP) is 3.18. The highest BCUT2D eigenvalue weighted by atomic mass is 19.4. The molecule has 0 saturated heterocycles. The van der Waals surface area contributed by atoms with Crippen molar-refractivity contribution in [2.24, 2.45) is 0 Å². The molecule has 1 amide bonds. The Morgan fingerprint density at radius 3 is 2.16 bits per heavy atom. The number of amides is 1. The van der Waals surface area contributed by atoms with Gasteiger partial charge in [0.15, 0.2) is 0 Å². The second-order valence-electron chi connectivity index (χ2n) is 5.08. The lowest BCUT2D eigenvalue weighted by Crippen LogP contribution is -2.31. The normalized spacial score (nSPS) is 12.3. The fourth-order valence-electron chi connectivity index (χ4n) is 2.14. The van der Waals surface area contributed by atoms with Crippen LogP contribution in [0, 0.1) is 0 Å². The van der Waals surface area contributed by atoms with Crippen LogP contribution in [0.5, 0.6) is 5.75 Å². The SMILES string of the molecule is O=C(NCC(C(=O)O)c1ccc(OC(F)(F)F)cc1)c1ccccc1. The predicted molar refractivity (Wildman–Crippen MR) is 82.3 cm³/mol. The molecule has 132 valence electrons. The van der Waals surface area contributed by atoms with Crippen LogP contribution in [0.15, 0.2) is 54.6 Å². The maximum Gasteiger partial charge on any atom is 0.573 e. The molecule has 2 N–H and O–H groups in total. The molecule has 0 fully saturated rings. The van der Waals surface area contributed by atoms with Crippen molar-refractivity contribution in [3.8, 4) is 5.75 Å². The second kappa shape index (κ2) is 7.69. The van der Waals surface area contributed by atoms with Crippen LogP contribution in [0.1, 0.15) is 21.8 Å². The summed E-state index contributed by atoms with van der Waals surface area (Å²) in [5, 5.41) is 11.8. The van der Waals surface area contributed by atoms with Crippen molar-refractivity contribution in [2.75, 3.05) is 6.54 Å². The monoisotopic (exact) mass is 353 g/mol. The summed E-state index contributed by atoms with van der Waals surface area (Å²) in [5.74, 6) is -3.21. The Balaban J connectivity index is 2.05. The van der Waals surface area contributed by atoms with Crippen molar-refractivity contribution in [3.05, 3.63) is 65.7 Å². The molecule has 0 heterocycles. The Hall–Kier alpha value is -3.03. The lowest BCUT2D eigenvalue weighted by molar-refractivity contribution is -0.274. The average Bonchev–Trinajstić information content (AvgIpc) is 2.55. The van der Waals surface area contributed by atoms with Crippen LogP contribution in [0.3, 0.4) is 0 Å². The molecule has 0 radical (unpaired) electrons. The van der Waals surface area contributed by atoms with E-state index in [4.69, 9.17) is 0 Å². The van der Waals surface area contributed by atoms with E-state index in [1.165, 1.54) is 12.1 Å². The number of carboxylic acid groups (broad SMARTS) is 1. The van der Waals surface area contributed by atoms with E-state index < -0.39 is 29.9 Å². The highest BCUT2D eigenvalue weighted by Gasteiger charge is 2.31. The van der Waals surface area contributed by atoms with Crippen molar-refractivity contribution < 1.29 is 32.6 Å². The van der Waals surface area contributed by atoms with Crippen LogP contribution in [0.2, 0.25) is 0 Å². The van der Waals surface area contributed by atoms with Gasteiger partial charge in [-0.1, -0.05) is 30.3 Å². The van der Waals surface area contributed by atoms with Gasteiger partial charge in [-0.25, -0.2) is 0 Å². The Labute approximate surface area is 141 Å². The number of carboxylic acids is 1. The van der Waals surface area contributed by atoms with Gasteiger partial charge in [0.2, 0.25) is 0 Å². The van der Waals surface area contributed by atoms with Gasteiger partial charge in [0.05, 0.1) is 5.92 Å². The Morgan fingerprint density at radius 1 is 1.04 bits per heavy atom. The topological polar surface area (TPSA) is 75.6 Å². The van der Waals surface area contributed by atoms with Gasteiger partial charge >= 0.3 is 12.3 Å². The standard InChI is InChI=1S/C17H14F3NO4/c18-17(19,20)25-13-8-6-11(7-9-13)14(16(23)24)10-21-15(22)12-4-2-1-3-5-12/h1-9,14H,10H2,(H,21,22)(H,23,24). The van der Waals surface area contributed by atoms with Crippen LogP contribution in [-0.2, 0) is 4.79 Å². The van der Waals surface area contributed by atoms with E-state index in [0.717, 1.165) is 12.1 Å². The second-order valence-corrected chi connectivity index (χ2v) is 5.08. The molecule has 2 rings (SSSR count). The van der Waals surface area contributed by atoms with Crippen LogP contribution in [0.4, 0.5) is 13.2 Å². The first kappa shape index (κ1) is 18.3. The van der Waals surface area contributed by atoms with E-state index >= 15 is 0 Å². The van der Waals surface area contributed by atoms with Crippen LogP contribution in [-0.4, -0.2) is 29.9 Å². The molecule has 0 aliphatic rings. The minimum absolute atomic E-state index is 0.206. The molecular formula is C17H14F3NO4. The third kappa shape index (κ3) is 5.52. The molecule has 2 aromatic carbocycles. The first-order chi connectivity index (χ1) is 11.8. The van der Waals surface area contributed by atoms with Gasteiger partial charge in [-0.05, 0) is 29.8 Å². The molecule has 25 heavy (non-hydrogen) atoms. The van der Waals surface area contributed by atoms with E-state index in [-0.39, 0.29) is 12.1 Å². The minimum atomic E-state index is -4.82. The molecule has 1 atom stereocenters. The lowest BCUT2D eigenvalue weighted by atomic mass is 9.99. The highest BCUT2D eigenvalue weighted by molar-refractivity contribution is 5.94. The van der Waals surface area contributed by atoms with Gasteiger partial charge in [-0.3, -0.25) is 9.59 Å². The summed E-state index contributed by atoms with van der Waals surface area (Å²) in [6.07, 6.45) is -4.82. The van der Waals surface area contributed by atoms with Crippen LogP contribution in [0.25, 0.3) is 0 Å². The Morgan fingerprint density at radius 2 is 1.64 bits per heavy atom. The van der Waals surface area contributed by atoms with Gasteiger partial charge in [0, 0.05) is 12.1 Å². The maximum absolute atomic E-state index is 12.1. The van der Waals surface area contributed by atoms with Gasteiger partial charge in [-0.15, -0.1) is 13.2 Å². The van der Waals surface area contributed by atoms with Gasteiger partial charge in [0.1, 0.15) is 5.75 Å². The fraction of sp³-hybridized carbons (Fsp3) is 0.176. The first-order valence-corrected chi connectivity index (χ1v) is 7.18. The van der Waals surface area contributed by atoms with E-state index in [0.29, 0.717) is 5.56 Å². The quantitative estimate of drug-likeness (QED) is 0.836. The molecule has 0 spiro atoms. The largest absolute Gasteiger partial charge is 0.573 e. The van der Waals surface area contributed by atoms with Crippen molar-refractivity contribution >= 4 is 11.9 Å². The summed E-state index contributed by atoms with van der Waals surface area (Å²) in [6, 6.07) is 12.7. The molecule has 0 aliphatic carbocycles. The number of ether oxygens (including phenoxy) is 1.